The molecule has 1 aromatic heterocycles. The van der Waals surface area contributed by atoms with E-state index in [0.717, 1.165) is 17.8 Å². The van der Waals surface area contributed by atoms with E-state index in [4.69, 9.17) is 5.73 Å². The Labute approximate surface area is 113 Å². The summed E-state index contributed by atoms with van der Waals surface area (Å²) in [6.45, 7) is 0.193. The lowest BCUT2D eigenvalue weighted by Crippen LogP contribution is -2.15. The minimum absolute atomic E-state index is 0.193. The normalized spacial score (nSPS) is 13.2. The number of aromatic nitrogens is 1. The van der Waals surface area contributed by atoms with Gasteiger partial charge in [-0.15, -0.1) is 0 Å². The smallest absolute Gasteiger partial charge is 0.330 e. The monoisotopic (exact) mass is 284 g/mol. The molecule has 2 nitrogen and oxygen atoms in total. The molecule has 0 radical (unpaired) electrons. The summed E-state index contributed by atoms with van der Waals surface area (Å²) in [5.41, 5.74) is 6.00. The zero-order chi connectivity index (χ0) is 14.8. The molecule has 1 heterocycles. The first kappa shape index (κ1) is 14.5. The van der Waals surface area contributed by atoms with Crippen LogP contribution in [0.15, 0.2) is 42.6 Å². The molecule has 0 aliphatic rings. The summed E-state index contributed by atoms with van der Waals surface area (Å²) >= 11 is 0. The van der Waals surface area contributed by atoms with Gasteiger partial charge in [0, 0.05) is 18.7 Å². The lowest BCUT2D eigenvalue weighted by Gasteiger charge is -2.16. The Balaban J connectivity index is 2.30. The van der Waals surface area contributed by atoms with Crippen LogP contribution in [-0.2, 0) is 6.18 Å². The molecule has 0 aliphatic heterocycles. The van der Waals surface area contributed by atoms with E-state index in [1.165, 1.54) is 18.2 Å². The first-order chi connectivity index (χ1) is 9.41. The van der Waals surface area contributed by atoms with Gasteiger partial charge in [0.25, 0.3) is 0 Å². The molecule has 1 aromatic carbocycles. The number of halogens is 4. The van der Waals surface area contributed by atoms with Gasteiger partial charge in [-0.2, -0.15) is 13.2 Å². The van der Waals surface area contributed by atoms with Crippen molar-refractivity contribution in [3.63, 3.8) is 0 Å². The number of nitrogens with two attached hydrogens (primary N) is 1. The van der Waals surface area contributed by atoms with Crippen LogP contribution in [0.3, 0.4) is 0 Å². The molecule has 0 saturated heterocycles. The summed E-state index contributed by atoms with van der Waals surface area (Å²) < 4.78 is 50.2. The van der Waals surface area contributed by atoms with E-state index in [-0.39, 0.29) is 18.3 Å². The van der Waals surface area contributed by atoms with Crippen molar-refractivity contribution in [1.82, 2.24) is 4.98 Å². The Bertz CT molecular complexity index is 561. The molecular weight excluding hydrogens is 272 g/mol. The number of rotatable bonds is 3. The summed E-state index contributed by atoms with van der Waals surface area (Å²) in [5.74, 6) is -0.694. The van der Waals surface area contributed by atoms with Gasteiger partial charge in [-0.05, 0) is 29.3 Å². The molecule has 0 amide bonds. The lowest BCUT2D eigenvalue weighted by atomic mass is 9.92. The number of hydrogen-bond acceptors (Lipinski definition) is 2. The van der Waals surface area contributed by atoms with Gasteiger partial charge in [0.15, 0.2) is 0 Å². The SMILES string of the molecule is NCC(c1ccc(F)cc1)c1ccc(C(F)(F)F)nc1. The molecular formula is C14H12F4N2. The van der Waals surface area contributed by atoms with Gasteiger partial charge in [0.1, 0.15) is 11.5 Å². The molecule has 0 spiro atoms. The Morgan fingerprint density at radius 1 is 1.00 bits per heavy atom. The van der Waals surface area contributed by atoms with Crippen LogP contribution in [0.5, 0.6) is 0 Å². The van der Waals surface area contributed by atoms with Crippen molar-refractivity contribution in [3.05, 3.63) is 65.2 Å². The molecule has 0 aliphatic carbocycles. The highest BCUT2D eigenvalue weighted by molar-refractivity contribution is 5.32. The van der Waals surface area contributed by atoms with Crippen LogP contribution in [0.25, 0.3) is 0 Å². The van der Waals surface area contributed by atoms with Crippen LogP contribution < -0.4 is 5.73 Å². The van der Waals surface area contributed by atoms with Crippen molar-refractivity contribution in [3.8, 4) is 0 Å². The zero-order valence-electron chi connectivity index (χ0n) is 10.4. The maximum Gasteiger partial charge on any atom is 0.433 e. The average molecular weight is 284 g/mol. The minimum Gasteiger partial charge on any atom is -0.330 e. The highest BCUT2D eigenvalue weighted by Gasteiger charge is 2.32. The predicted molar refractivity (Wildman–Crippen MR) is 66.5 cm³/mol. The standard InChI is InChI=1S/C14H12F4N2/c15-11-4-1-9(2-5-11)12(7-19)10-3-6-13(20-8-10)14(16,17)18/h1-6,8,12H,7,19H2. The van der Waals surface area contributed by atoms with Gasteiger partial charge in [-0.3, -0.25) is 4.98 Å². The van der Waals surface area contributed by atoms with Crippen LogP contribution in [-0.4, -0.2) is 11.5 Å². The van der Waals surface area contributed by atoms with Crippen LogP contribution in [0.2, 0.25) is 0 Å². The average Bonchev–Trinajstić information content (AvgIpc) is 2.41. The largest absolute Gasteiger partial charge is 0.433 e. The van der Waals surface area contributed by atoms with E-state index in [0.29, 0.717) is 5.56 Å². The Kier molecular flexibility index (Phi) is 4.04. The molecule has 1 unspecified atom stereocenters. The molecule has 2 aromatic rings. The maximum absolute atomic E-state index is 12.9. The van der Waals surface area contributed by atoms with Crippen molar-refractivity contribution in [2.75, 3.05) is 6.54 Å². The van der Waals surface area contributed by atoms with Gasteiger partial charge >= 0.3 is 6.18 Å². The van der Waals surface area contributed by atoms with Gasteiger partial charge in [-0.25, -0.2) is 4.39 Å². The molecule has 20 heavy (non-hydrogen) atoms. The van der Waals surface area contributed by atoms with Crippen molar-refractivity contribution >= 4 is 0 Å². The Hall–Kier alpha value is -1.95. The number of hydrogen-bond donors (Lipinski definition) is 1. The third-order valence-corrected chi connectivity index (χ3v) is 2.99. The van der Waals surface area contributed by atoms with Crippen molar-refractivity contribution < 1.29 is 17.6 Å². The Morgan fingerprint density at radius 3 is 2.05 bits per heavy atom. The van der Waals surface area contributed by atoms with Crippen LogP contribution in [0.1, 0.15) is 22.7 Å². The third-order valence-electron chi connectivity index (χ3n) is 2.99. The highest BCUT2D eigenvalue weighted by atomic mass is 19.4. The van der Waals surface area contributed by atoms with Gasteiger partial charge in [0.05, 0.1) is 0 Å². The van der Waals surface area contributed by atoms with E-state index < -0.39 is 11.9 Å². The summed E-state index contributed by atoms with van der Waals surface area (Å²) in [6.07, 6.45) is -3.31. The molecule has 2 N–H and O–H groups in total. The molecule has 0 bridgehead atoms. The summed E-state index contributed by atoms with van der Waals surface area (Å²) in [7, 11) is 0. The maximum atomic E-state index is 12.9. The summed E-state index contributed by atoms with van der Waals surface area (Å²) in [5, 5.41) is 0. The second kappa shape index (κ2) is 5.58. The van der Waals surface area contributed by atoms with E-state index in [1.54, 1.807) is 12.1 Å². The fourth-order valence-corrected chi connectivity index (χ4v) is 1.94. The summed E-state index contributed by atoms with van der Waals surface area (Å²) in [4.78, 5) is 3.41. The van der Waals surface area contributed by atoms with Crippen LogP contribution >= 0.6 is 0 Å². The molecule has 1 atom stereocenters. The topological polar surface area (TPSA) is 38.9 Å². The summed E-state index contributed by atoms with van der Waals surface area (Å²) in [6, 6.07) is 7.96. The number of alkyl halides is 3. The van der Waals surface area contributed by atoms with E-state index >= 15 is 0 Å². The van der Waals surface area contributed by atoms with Gasteiger partial charge in [-0.1, -0.05) is 18.2 Å². The fraction of sp³-hybridized carbons (Fsp3) is 0.214. The second-order valence-corrected chi connectivity index (χ2v) is 4.31. The first-order valence-electron chi connectivity index (χ1n) is 5.90. The first-order valence-corrected chi connectivity index (χ1v) is 5.90. The van der Waals surface area contributed by atoms with Gasteiger partial charge in [0.2, 0.25) is 0 Å². The van der Waals surface area contributed by atoms with E-state index in [9.17, 15) is 17.6 Å². The van der Waals surface area contributed by atoms with Crippen molar-refractivity contribution in [1.29, 1.82) is 0 Å². The lowest BCUT2D eigenvalue weighted by molar-refractivity contribution is -0.141. The number of nitrogens with zero attached hydrogens (tertiary/aromatic N) is 1. The zero-order valence-corrected chi connectivity index (χ0v) is 10.4. The predicted octanol–water partition coefficient (Wildman–Crippen LogP) is 3.33. The molecule has 0 saturated carbocycles. The van der Waals surface area contributed by atoms with E-state index in [1.807, 2.05) is 0 Å². The third kappa shape index (κ3) is 3.14. The number of benzene rings is 1. The van der Waals surface area contributed by atoms with Crippen LogP contribution in [0.4, 0.5) is 17.6 Å². The molecule has 0 fully saturated rings. The van der Waals surface area contributed by atoms with Crippen molar-refractivity contribution in [2.24, 2.45) is 5.73 Å². The van der Waals surface area contributed by atoms with E-state index in [2.05, 4.69) is 4.98 Å². The van der Waals surface area contributed by atoms with Crippen LogP contribution in [0, 0.1) is 5.82 Å². The number of pyridine rings is 1. The van der Waals surface area contributed by atoms with Crippen molar-refractivity contribution in [2.45, 2.75) is 12.1 Å². The minimum atomic E-state index is -4.47. The molecule has 6 heteroatoms. The second-order valence-electron chi connectivity index (χ2n) is 4.31. The Morgan fingerprint density at radius 2 is 1.60 bits per heavy atom. The quantitative estimate of drug-likeness (QED) is 0.878. The molecule has 2 rings (SSSR count). The van der Waals surface area contributed by atoms with Gasteiger partial charge < -0.3 is 5.73 Å². The fourth-order valence-electron chi connectivity index (χ4n) is 1.94. The molecule has 106 valence electrons. The highest BCUT2D eigenvalue weighted by Crippen LogP contribution is 2.29.